The lowest BCUT2D eigenvalue weighted by atomic mass is 10.1. The van der Waals surface area contributed by atoms with Gasteiger partial charge in [-0.2, -0.15) is 12.7 Å². The molecule has 2 aliphatic heterocycles. The number of hydrogen-bond donors (Lipinski definition) is 1. The molecule has 2 heterocycles. The normalized spacial score (nSPS) is 20.5. The van der Waals surface area contributed by atoms with Gasteiger partial charge in [0.1, 0.15) is 0 Å². The van der Waals surface area contributed by atoms with Crippen LogP contribution in [-0.4, -0.2) is 32.4 Å². The van der Waals surface area contributed by atoms with Gasteiger partial charge in [0.25, 0.3) is 0 Å². The van der Waals surface area contributed by atoms with Crippen LogP contribution in [0.3, 0.4) is 0 Å². The number of fused-ring (bicyclic) bond motifs is 1. The summed E-state index contributed by atoms with van der Waals surface area (Å²) in [5.74, 6) is 0. The van der Waals surface area contributed by atoms with Crippen LogP contribution in [0.1, 0.15) is 24.8 Å². The Balaban J connectivity index is 1.96. The van der Waals surface area contributed by atoms with E-state index >= 15 is 0 Å². The molecule has 0 amide bonds. The molecule has 3 rings (SSSR count). The molecule has 0 aliphatic carbocycles. The average molecular weight is 281 g/mol. The molecular weight excluding hydrogens is 262 g/mol. The van der Waals surface area contributed by atoms with Gasteiger partial charge in [-0.3, -0.25) is 4.31 Å². The van der Waals surface area contributed by atoms with Crippen molar-refractivity contribution < 1.29 is 8.42 Å². The molecule has 0 radical (unpaired) electrons. The second kappa shape index (κ2) is 4.68. The first-order valence-electron chi connectivity index (χ1n) is 6.76. The molecule has 104 valence electrons. The monoisotopic (exact) mass is 281 g/mol. The molecule has 0 saturated carbocycles. The third-order valence-electron chi connectivity index (χ3n) is 3.90. The van der Waals surface area contributed by atoms with Gasteiger partial charge in [0.2, 0.25) is 0 Å². The largest absolute Gasteiger partial charge is 0.397 e. The zero-order chi connectivity index (χ0) is 13.5. The average Bonchev–Trinajstić information content (AvgIpc) is 2.86. The lowest BCUT2D eigenvalue weighted by Crippen LogP contribution is -2.45. The molecule has 19 heavy (non-hydrogen) atoms. The molecule has 0 aromatic heterocycles. The van der Waals surface area contributed by atoms with Crippen LogP contribution in [0.5, 0.6) is 0 Å². The molecule has 2 aliphatic rings. The highest BCUT2D eigenvalue weighted by Gasteiger charge is 2.35. The molecule has 0 unspecified atom stereocenters. The molecule has 6 heteroatoms. The number of anilines is 2. The van der Waals surface area contributed by atoms with E-state index in [0.717, 1.165) is 31.2 Å². The highest BCUT2D eigenvalue weighted by atomic mass is 32.2. The minimum Gasteiger partial charge on any atom is -0.397 e. The second-order valence-electron chi connectivity index (χ2n) is 5.14. The van der Waals surface area contributed by atoms with E-state index in [0.29, 0.717) is 31.0 Å². The lowest BCUT2D eigenvalue weighted by molar-refractivity contribution is 0.345. The van der Waals surface area contributed by atoms with Crippen molar-refractivity contribution in [2.45, 2.75) is 25.7 Å². The Kier molecular flexibility index (Phi) is 3.14. The zero-order valence-corrected chi connectivity index (χ0v) is 11.7. The molecule has 0 atom stereocenters. The quantitative estimate of drug-likeness (QED) is 0.832. The number of hydrogen-bond acceptors (Lipinski definition) is 3. The van der Waals surface area contributed by atoms with Crippen molar-refractivity contribution in [3.05, 3.63) is 23.8 Å². The summed E-state index contributed by atoms with van der Waals surface area (Å²) in [4.78, 5) is 0. The van der Waals surface area contributed by atoms with Crippen molar-refractivity contribution in [3.8, 4) is 0 Å². The summed E-state index contributed by atoms with van der Waals surface area (Å²) in [6.07, 6.45) is 3.76. The van der Waals surface area contributed by atoms with Gasteiger partial charge in [-0.15, -0.1) is 0 Å². The predicted octanol–water partition coefficient (Wildman–Crippen LogP) is 1.36. The highest BCUT2D eigenvalue weighted by Crippen LogP contribution is 2.36. The van der Waals surface area contributed by atoms with Crippen molar-refractivity contribution >= 4 is 21.6 Å². The van der Waals surface area contributed by atoms with E-state index in [9.17, 15) is 8.42 Å². The van der Waals surface area contributed by atoms with Crippen molar-refractivity contribution in [1.29, 1.82) is 0 Å². The number of nitrogens with two attached hydrogens (primary N) is 1. The molecular formula is C13H19N3O2S. The second-order valence-corrected chi connectivity index (χ2v) is 7.00. The summed E-state index contributed by atoms with van der Waals surface area (Å²) in [5.41, 5.74) is 8.23. The van der Waals surface area contributed by atoms with E-state index in [1.54, 1.807) is 10.4 Å². The van der Waals surface area contributed by atoms with E-state index in [1.807, 2.05) is 12.1 Å². The fraction of sp³-hybridized carbons (Fsp3) is 0.538. The van der Waals surface area contributed by atoms with Crippen molar-refractivity contribution in [3.63, 3.8) is 0 Å². The Morgan fingerprint density at radius 3 is 2.53 bits per heavy atom. The van der Waals surface area contributed by atoms with Crippen LogP contribution in [0, 0.1) is 0 Å². The molecule has 1 fully saturated rings. The van der Waals surface area contributed by atoms with Crippen LogP contribution in [0.15, 0.2) is 18.2 Å². The van der Waals surface area contributed by atoms with Gasteiger partial charge in [-0.1, -0.05) is 18.6 Å². The number of piperidine rings is 1. The topological polar surface area (TPSA) is 66.6 Å². The fourth-order valence-corrected chi connectivity index (χ4v) is 4.69. The predicted molar refractivity (Wildman–Crippen MR) is 76.2 cm³/mol. The Hall–Kier alpha value is -1.27. The highest BCUT2D eigenvalue weighted by molar-refractivity contribution is 7.90. The summed E-state index contributed by atoms with van der Waals surface area (Å²) in [5, 5.41) is 0. The van der Waals surface area contributed by atoms with Crippen LogP contribution in [0.4, 0.5) is 11.4 Å². The van der Waals surface area contributed by atoms with E-state index in [-0.39, 0.29) is 0 Å². The van der Waals surface area contributed by atoms with E-state index < -0.39 is 10.2 Å². The standard InChI is InChI=1S/C13H19N3O2S/c14-12-6-4-5-11-7-10-16(13(11)12)19(17,18)15-8-2-1-3-9-15/h4-6H,1-3,7-10,14H2. The molecule has 1 saturated heterocycles. The van der Waals surface area contributed by atoms with Gasteiger partial charge in [0.15, 0.2) is 0 Å². The number of benzene rings is 1. The van der Waals surface area contributed by atoms with E-state index in [1.165, 1.54) is 4.31 Å². The smallest absolute Gasteiger partial charge is 0.304 e. The van der Waals surface area contributed by atoms with Crippen LogP contribution in [0.25, 0.3) is 0 Å². The molecule has 0 spiro atoms. The number of nitrogens with zero attached hydrogens (tertiary/aromatic N) is 2. The van der Waals surface area contributed by atoms with Gasteiger partial charge in [-0.05, 0) is 30.9 Å². The zero-order valence-electron chi connectivity index (χ0n) is 10.9. The molecule has 0 bridgehead atoms. The third-order valence-corrected chi connectivity index (χ3v) is 5.84. The van der Waals surface area contributed by atoms with Crippen LogP contribution >= 0.6 is 0 Å². The maximum absolute atomic E-state index is 12.7. The summed E-state index contributed by atoms with van der Waals surface area (Å²) in [6, 6.07) is 5.60. The Labute approximate surface area is 114 Å². The third kappa shape index (κ3) is 2.08. The first kappa shape index (κ1) is 12.7. The first-order valence-corrected chi connectivity index (χ1v) is 8.15. The Morgan fingerprint density at radius 2 is 1.79 bits per heavy atom. The maximum Gasteiger partial charge on any atom is 0.304 e. The maximum atomic E-state index is 12.7. The van der Waals surface area contributed by atoms with Gasteiger partial charge >= 0.3 is 10.2 Å². The minimum absolute atomic E-state index is 0.502. The van der Waals surface area contributed by atoms with Crippen molar-refractivity contribution in [2.24, 2.45) is 0 Å². The number of nitrogen functional groups attached to an aromatic ring is 1. The molecule has 1 aromatic rings. The van der Waals surface area contributed by atoms with Gasteiger partial charge in [0, 0.05) is 19.6 Å². The van der Waals surface area contributed by atoms with E-state index in [2.05, 4.69) is 0 Å². The lowest BCUT2D eigenvalue weighted by Gasteiger charge is -2.31. The van der Waals surface area contributed by atoms with Crippen molar-refractivity contribution in [1.82, 2.24) is 4.31 Å². The summed E-state index contributed by atoms with van der Waals surface area (Å²) < 4.78 is 28.5. The first-order chi connectivity index (χ1) is 9.10. The van der Waals surface area contributed by atoms with Crippen LogP contribution in [-0.2, 0) is 16.6 Å². The Morgan fingerprint density at radius 1 is 1.05 bits per heavy atom. The van der Waals surface area contributed by atoms with Gasteiger partial charge in [0.05, 0.1) is 11.4 Å². The SMILES string of the molecule is Nc1cccc2c1N(S(=O)(=O)N1CCCCC1)CC2. The summed E-state index contributed by atoms with van der Waals surface area (Å²) in [7, 11) is -3.41. The number of para-hydroxylation sites is 1. The van der Waals surface area contributed by atoms with E-state index in [4.69, 9.17) is 5.73 Å². The molecule has 5 nitrogen and oxygen atoms in total. The Bertz CT molecular complexity index is 580. The van der Waals surface area contributed by atoms with Gasteiger partial charge < -0.3 is 5.73 Å². The number of rotatable bonds is 2. The van der Waals surface area contributed by atoms with Crippen LogP contribution in [0.2, 0.25) is 0 Å². The molecule has 1 aromatic carbocycles. The fourth-order valence-electron chi connectivity index (χ4n) is 2.92. The summed E-state index contributed by atoms with van der Waals surface area (Å²) >= 11 is 0. The van der Waals surface area contributed by atoms with Crippen LogP contribution < -0.4 is 10.0 Å². The van der Waals surface area contributed by atoms with Crippen molar-refractivity contribution in [2.75, 3.05) is 29.7 Å². The molecule has 2 N–H and O–H groups in total. The van der Waals surface area contributed by atoms with Gasteiger partial charge in [-0.25, -0.2) is 0 Å². The summed E-state index contributed by atoms with van der Waals surface area (Å²) in [6.45, 7) is 1.75. The minimum atomic E-state index is -3.41.